The lowest BCUT2D eigenvalue weighted by Crippen LogP contribution is -2.06. The van der Waals surface area contributed by atoms with Gasteiger partial charge >= 0.3 is 0 Å². The van der Waals surface area contributed by atoms with Crippen LogP contribution in [-0.2, 0) is 11.2 Å². The average molecular weight is 259 g/mol. The Kier molecular flexibility index (Phi) is 4.04. The van der Waals surface area contributed by atoms with Crippen LogP contribution in [0.4, 0.5) is 0 Å². The van der Waals surface area contributed by atoms with Gasteiger partial charge in [-0.15, -0.1) is 0 Å². The topological polar surface area (TPSA) is 68.9 Å². The van der Waals surface area contributed by atoms with Gasteiger partial charge in [-0.1, -0.05) is 25.1 Å². The van der Waals surface area contributed by atoms with Crippen LogP contribution in [-0.4, -0.2) is 20.9 Å². The highest BCUT2D eigenvalue weighted by Crippen LogP contribution is 2.17. The number of rotatable bonds is 5. The molecule has 0 radical (unpaired) electrons. The number of hydrogen-bond donors (Lipinski definition) is 0. The molecule has 2 aromatic heterocycles. The molecule has 0 aliphatic carbocycles. The quantitative estimate of drug-likeness (QED) is 0.825. The predicted octanol–water partition coefficient (Wildman–Crippen LogP) is 2.60. The van der Waals surface area contributed by atoms with E-state index in [4.69, 9.17) is 4.52 Å². The van der Waals surface area contributed by atoms with Gasteiger partial charge in [0.1, 0.15) is 11.5 Å². The fraction of sp³-hybridized carbons (Fsp3) is 0.429. The highest BCUT2D eigenvalue weighted by atomic mass is 16.5. The molecule has 0 bridgehead atoms. The van der Waals surface area contributed by atoms with Gasteiger partial charge in [-0.05, 0) is 24.5 Å². The van der Waals surface area contributed by atoms with Crippen LogP contribution >= 0.6 is 0 Å². The first-order valence-electron chi connectivity index (χ1n) is 6.32. The van der Waals surface area contributed by atoms with Crippen LogP contribution < -0.4 is 0 Å². The molecule has 2 aromatic rings. The van der Waals surface area contributed by atoms with Gasteiger partial charge in [-0.3, -0.25) is 9.78 Å². The second-order valence-corrected chi connectivity index (χ2v) is 4.99. The third kappa shape index (κ3) is 3.47. The number of pyridine rings is 1. The molecule has 100 valence electrons. The average Bonchev–Trinajstić information content (AvgIpc) is 2.76. The van der Waals surface area contributed by atoms with E-state index >= 15 is 0 Å². The van der Waals surface area contributed by atoms with Crippen molar-refractivity contribution in [1.82, 2.24) is 15.1 Å². The van der Waals surface area contributed by atoms with Crippen LogP contribution in [0.1, 0.15) is 31.7 Å². The van der Waals surface area contributed by atoms with Crippen LogP contribution in [0.2, 0.25) is 0 Å². The Labute approximate surface area is 112 Å². The van der Waals surface area contributed by atoms with E-state index < -0.39 is 0 Å². The number of nitrogens with zero attached hydrogens (tertiary/aromatic N) is 3. The molecule has 0 amide bonds. The van der Waals surface area contributed by atoms with Gasteiger partial charge in [-0.25, -0.2) is 0 Å². The van der Waals surface area contributed by atoms with E-state index in [1.54, 1.807) is 6.20 Å². The number of hydrogen-bond acceptors (Lipinski definition) is 5. The molecular weight excluding hydrogens is 242 g/mol. The highest BCUT2D eigenvalue weighted by Gasteiger charge is 2.15. The van der Waals surface area contributed by atoms with Crippen molar-refractivity contribution in [2.75, 3.05) is 0 Å². The Balaban J connectivity index is 2.12. The molecular formula is C14H17N3O2. The Bertz CT molecular complexity index is 576. The lowest BCUT2D eigenvalue weighted by Gasteiger charge is -2.00. The molecule has 0 saturated carbocycles. The lowest BCUT2D eigenvalue weighted by atomic mass is 10.1. The Morgan fingerprint density at radius 2 is 2.21 bits per heavy atom. The molecule has 0 N–H and O–H groups in total. The van der Waals surface area contributed by atoms with Crippen molar-refractivity contribution in [2.45, 2.75) is 33.6 Å². The zero-order valence-corrected chi connectivity index (χ0v) is 11.4. The van der Waals surface area contributed by atoms with Crippen molar-refractivity contribution in [3.8, 4) is 11.5 Å². The smallest absolute Gasteiger partial charge is 0.234 e. The second-order valence-electron chi connectivity index (χ2n) is 4.99. The summed E-state index contributed by atoms with van der Waals surface area (Å²) < 4.78 is 5.10. The van der Waals surface area contributed by atoms with Crippen molar-refractivity contribution < 1.29 is 9.32 Å². The van der Waals surface area contributed by atoms with Crippen LogP contribution in [0.15, 0.2) is 22.9 Å². The van der Waals surface area contributed by atoms with Gasteiger partial charge < -0.3 is 4.52 Å². The van der Waals surface area contributed by atoms with Gasteiger partial charge in [0.2, 0.25) is 11.7 Å². The van der Waals surface area contributed by atoms with Gasteiger partial charge in [0.25, 0.3) is 0 Å². The standard InChI is InChI=1S/C14H17N3O2/c1-9(2)7-11(18)8-12-16-14(17-19-12)13-10(3)5-4-6-15-13/h4-6,9H,7-8H2,1-3H3. The maximum Gasteiger partial charge on any atom is 0.234 e. The van der Waals surface area contributed by atoms with Crippen molar-refractivity contribution in [3.63, 3.8) is 0 Å². The maximum absolute atomic E-state index is 11.7. The van der Waals surface area contributed by atoms with Gasteiger partial charge in [0, 0.05) is 12.6 Å². The molecule has 0 saturated heterocycles. The minimum atomic E-state index is 0.114. The summed E-state index contributed by atoms with van der Waals surface area (Å²) in [5, 5.41) is 3.88. The minimum Gasteiger partial charge on any atom is -0.338 e. The Hall–Kier alpha value is -2.04. The van der Waals surface area contributed by atoms with E-state index in [1.807, 2.05) is 32.9 Å². The SMILES string of the molecule is Cc1cccnc1-c1noc(CC(=O)CC(C)C)n1. The lowest BCUT2D eigenvalue weighted by molar-refractivity contribution is -0.119. The summed E-state index contributed by atoms with van der Waals surface area (Å²) in [7, 11) is 0. The summed E-state index contributed by atoms with van der Waals surface area (Å²) in [5.74, 6) is 1.24. The third-order valence-corrected chi connectivity index (χ3v) is 2.67. The van der Waals surface area contributed by atoms with Crippen molar-refractivity contribution in [3.05, 3.63) is 29.8 Å². The fourth-order valence-electron chi connectivity index (χ4n) is 1.84. The zero-order chi connectivity index (χ0) is 13.8. The Morgan fingerprint density at radius 3 is 2.89 bits per heavy atom. The third-order valence-electron chi connectivity index (χ3n) is 2.67. The molecule has 0 atom stereocenters. The molecule has 0 fully saturated rings. The number of aryl methyl sites for hydroxylation is 1. The van der Waals surface area contributed by atoms with Crippen LogP contribution in [0, 0.1) is 12.8 Å². The summed E-state index contributed by atoms with van der Waals surface area (Å²) in [6.45, 7) is 5.95. The van der Waals surface area contributed by atoms with E-state index in [1.165, 1.54) is 0 Å². The first kappa shape index (κ1) is 13.4. The predicted molar refractivity (Wildman–Crippen MR) is 70.4 cm³/mol. The molecule has 5 heteroatoms. The maximum atomic E-state index is 11.7. The molecule has 2 heterocycles. The summed E-state index contributed by atoms with van der Waals surface area (Å²) >= 11 is 0. The largest absolute Gasteiger partial charge is 0.338 e. The number of Topliss-reactive ketones (excluding diaryl/α,β-unsaturated/α-hetero) is 1. The molecule has 0 aliphatic rings. The van der Waals surface area contributed by atoms with Gasteiger partial charge in [-0.2, -0.15) is 4.98 Å². The van der Waals surface area contributed by atoms with Crippen molar-refractivity contribution in [1.29, 1.82) is 0 Å². The summed E-state index contributed by atoms with van der Waals surface area (Å²) in [4.78, 5) is 20.1. The number of aromatic nitrogens is 3. The summed E-state index contributed by atoms with van der Waals surface area (Å²) in [6.07, 6.45) is 2.40. The Morgan fingerprint density at radius 1 is 1.42 bits per heavy atom. The number of carbonyl (C=O) groups is 1. The minimum absolute atomic E-state index is 0.114. The van der Waals surface area contributed by atoms with Crippen molar-refractivity contribution in [2.24, 2.45) is 5.92 Å². The van der Waals surface area contributed by atoms with Crippen LogP contribution in [0.3, 0.4) is 0 Å². The van der Waals surface area contributed by atoms with Crippen molar-refractivity contribution >= 4 is 5.78 Å². The summed E-state index contributed by atoms with van der Waals surface area (Å²) in [5.41, 5.74) is 1.66. The molecule has 0 aromatic carbocycles. The van der Waals surface area contributed by atoms with E-state index in [2.05, 4.69) is 15.1 Å². The van der Waals surface area contributed by atoms with Crippen LogP contribution in [0.5, 0.6) is 0 Å². The fourth-order valence-corrected chi connectivity index (χ4v) is 1.84. The second kappa shape index (κ2) is 5.73. The zero-order valence-electron chi connectivity index (χ0n) is 11.4. The monoisotopic (exact) mass is 259 g/mol. The first-order valence-corrected chi connectivity index (χ1v) is 6.32. The number of ketones is 1. The van der Waals surface area contributed by atoms with Gasteiger partial charge in [0.05, 0.1) is 6.42 Å². The highest BCUT2D eigenvalue weighted by molar-refractivity contribution is 5.80. The van der Waals surface area contributed by atoms with Gasteiger partial charge in [0.15, 0.2) is 0 Å². The number of carbonyl (C=O) groups excluding carboxylic acids is 1. The van der Waals surface area contributed by atoms with Crippen LogP contribution in [0.25, 0.3) is 11.5 Å². The normalized spacial score (nSPS) is 10.9. The van der Waals surface area contributed by atoms with E-state index in [0.29, 0.717) is 29.7 Å². The van der Waals surface area contributed by atoms with E-state index in [9.17, 15) is 4.79 Å². The van der Waals surface area contributed by atoms with E-state index in [0.717, 1.165) is 5.56 Å². The summed E-state index contributed by atoms with van der Waals surface area (Å²) in [6, 6.07) is 3.79. The molecule has 0 spiro atoms. The molecule has 0 aliphatic heterocycles. The van der Waals surface area contributed by atoms with E-state index in [-0.39, 0.29) is 12.2 Å². The molecule has 2 rings (SSSR count). The first-order chi connectivity index (χ1) is 9.06. The molecule has 5 nitrogen and oxygen atoms in total. The molecule has 0 unspecified atom stereocenters. The molecule has 19 heavy (non-hydrogen) atoms.